The smallest absolute Gasteiger partial charge is 0.246 e. The highest BCUT2D eigenvalue weighted by atomic mass is 32.1. The average molecular weight is 332 g/mol. The third kappa shape index (κ3) is 3.33. The molecule has 124 valence electrons. The van der Waals surface area contributed by atoms with Gasteiger partial charge in [0.05, 0.1) is 11.7 Å². The summed E-state index contributed by atoms with van der Waals surface area (Å²) >= 11 is 1.70. The summed E-state index contributed by atoms with van der Waals surface area (Å²) in [6.07, 6.45) is 8.93. The number of aromatic nitrogens is 2. The van der Waals surface area contributed by atoms with Crippen molar-refractivity contribution in [2.24, 2.45) is 0 Å². The number of nitrogens with zero attached hydrogens (tertiary/aromatic N) is 4. The first-order valence-electron chi connectivity index (χ1n) is 8.12. The third-order valence-electron chi connectivity index (χ3n) is 4.29. The molecule has 2 aromatic rings. The number of carbonyl (C=O) groups is 1. The van der Waals surface area contributed by atoms with E-state index in [4.69, 9.17) is 4.98 Å². The number of fused-ring (bicyclic) bond motifs is 1. The van der Waals surface area contributed by atoms with Crippen LogP contribution >= 0.6 is 11.3 Å². The molecule has 6 heteroatoms. The lowest BCUT2D eigenvalue weighted by Crippen LogP contribution is -2.37. The largest absolute Gasteiger partial charge is 0.330 e. The lowest BCUT2D eigenvalue weighted by molar-refractivity contribution is -0.129. The molecule has 0 N–H and O–H groups in total. The average Bonchev–Trinajstić information content (AvgIpc) is 3.11. The summed E-state index contributed by atoms with van der Waals surface area (Å²) < 4.78 is 2.12. The van der Waals surface area contributed by atoms with Gasteiger partial charge in [0.25, 0.3) is 0 Å². The number of hydrogen-bond donors (Lipinski definition) is 0. The highest BCUT2D eigenvalue weighted by Crippen LogP contribution is 2.34. The Labute approximate surface area is 141 Å². The zero-order valence-electron chi connectivity index (χ0n) is 14.0. The molecule has 5 nitrogen and oxygen atoms in total. The Hall–Kier alpha value is -1.66. The molecule has 0 aliphatic carbocycles. The fraction of sp³-hybridized carbons (Fsp3) is 0.529. The SMILES string of the molecule is Cc1nc(C2CCCCN2C(=O)/C=C/CN(C)C)c2sccn12. The highest BCUT2D eigenvalue weighted by molar-refractivity contribution is 7.15. The van der Waals surface area contributed by atoms with Crippen LogP contribution < -0.4 is 0 Å². The zero-order chi connectivity index (χ0) is 16.4. The van der Waals surface area contributed by atoms with Gasteiger partial charge in [-0.15, -0.1) is 11.3 Å². The van der Waals surface area contributed by atoms with Gasteiger partial charge < -0.3 is 9.80 Å². The van der Waals surface area contributed by atoms with Crippen molar-refractivity contribution in [2.45, 2.75) is 32.2 Å². The molecule has 1 amide bonds. The van der Waals surface area contributed by atoms with Gasteiger partial charge in [-0.25, -0.2) is 4.98 Å². The molecule has 0 aromatic carbocycles. The molecule has 0 bridgehead atoms. The number of aryl methyl sites for hydroxylation is 1. The summed E-state index contributed by atoms with van der Waals surface area (Å²) in [7, 11) is 4.00. The van der Waals surface area contributed by atoms with Crippen LogP contribution in [0.15, 0.2) is 23.7 Å². The molecule has 1 aliphatic rings. The van der Waals surface area contributed by atoms with E-state index in [2.05, 4.69) is 16.0 Å². The van der Waals surface area contributed by atoms with Crippen molar-refractivity contribution in [2.75, 3.05) is 27.2 Å². The fourth-order valence-electron chi connectivity index (χ4n) is 3.15. The van der Waals surface area contributed by atoms with Gasteiger partial charge in [0.2, 0.25) is 5.91 Å². The van der Waals surface area contributed by atoms with Gasteiger partial charge in [-0.2, -0.15) is 0 Å². The quantitative estimate of drug-likeness (QED) is 0.809. The summed E-state index contributed by atoms with van der Waals surface area (Å²) in [5.41, 5.74) is 1.06. The minimum absolute atomic E-state index is 0.0996. The minimum Gasteiger partial charge on any atom is -0.330 e. The van der Waals surface area contributed by atoms with Crippen LogP contribution in [0.5, 0.6) is 0 Å². The van der Waals surface area contributed by atoms with Crippen molar-refractivity contribution in [3.63, 3.8) is 0 Å². The summed E-state index contributed by atoms with van der Waals surface area (Å²) in [6.45, 7) is 3.62. The molecular formula is C17H24N4OS. The Morgan fingerprint density at radius 2 is 2.30 bits per heavy atom. The minimum atomic E-state index is 0.0996. The Balaban J connectivity index is 1.85. The lowest BCUT2D eigenvalue weighted by atomic mass is 9.99. The molecule has 3 rings (SSSR count). The molecule has 3 heterocycles. The van der Waals surface area contributed by atoms with Gasteiger partial charge in [0, 0.05) is 30.7 Å². The van der Waals surface area contributed by atoms with E-state index in [1.807, 2.05) is 36.9 Å². The second-order valence-electron chi connectivity index (χ2n) is 6.33. The number of imidazole rings is 1. The third-order valence-corrected chi connectivity index (χ3v) is 5.18. The maximum absolute atomic E-state index is 12.6. The van der Waals surface area contributed by atoms with Gasteiger partial charge in [0.1, 0.15) is 10.7 Å². The topological polar surface area (TPSA) is 40.9 Å². The molecule has 0 saturated carbocycles. The van der Waals surface area contributed by atoms with E-state index < -0.39 is 0 Å². The van der Waals surface area contributed by atoms with Crippen molar-refractivity contribution >= 4 is 22.1 Å². The van der Waals surface area contributed by atoms with E-state index in [1.165, 1.54) is 4.83 Å². The first-order valence-corrected chi connectivity index (χ1v) is 9.00. The van der Waals surface area contributed by atoms with E-state index in [9.17, 15) is 4.79 Å². The van der Waals surface area contributed by atoms with Crippen LogP contribution in [-0.2, 0) is 4.79 Å². The van der Waals surface area contributed by atoms with Crippen LogP contribution in [0.1, 0.15) is 36.8 Å². The van der Waals surface area contributed by atoms with Crippen LogP contribution in [0.2, 0.25) is 0 Å². The van der Waals surface area contributed by atoms with Crippen molar-refractivity contribution < 1.29 is 4.79 Å². The Kier molecular flexibility index (Phi) is 4.82. The number of hydrogen-bond acceptors (Lipinski definition) is 4. The van der Waals surface area contributed by atoms with Crippen LogP contribution in [0.4, 0.5) is 0 Å². The van der Waals surface area contributed by atoms with Crippen molar-refractivity contribution in [3.05, 3.63) is 35.2 Å². The maximum Gasteiger partial charge on any atom is 0.246 e. The molecule has 1 unspecified atom stereocenters. The molecule has 0 spiro atoms. The molecule has 1 atom stereocenters. The first-order chi connectivity index (χ1) is 11.1. The van der Waals surface area contributed by atoms with Gasteiger partial charge >= 0.3 is 0 Å². The van der Waals surface area contributed by atoms with E-state index in [-0.39, 0.29) is 11.9 Å². The molecule has 0 radical (unpaired) electrons. The van der Waals surface area contributed by atoms with Gasteiger partial charge in [-0.3, -0.25) is 9.20 Å². The van der Waals surface area contributed by atoms with E-state index >= 15 is 0 Å². The van der Waals surface area contributed by atoms with Gasteiger partial charge in [-0.1, -0.05) is 6.08 Å². The Morgan fingerprint density at radius 3 is 3.09 bits per heavy atom. The van der Waals surface area contributed by atoms with E-state index in [1.54, 1.807) is 17.4 Å². The van der Waals surface area contributed by atoms with E-state index in [0.29, 0.717) is 0 Å². The van der Waals surface area contributed by atoms with Crippen molar-refractivity contribution in [1.29, 1.82) is 0 Å². The normalized spacial score (nSPS) is 19.3. The summed E-state index contributed by atoms with van der Waals surface area (Å²) in [4.78, 5) is 22.6. The van der Waals surface area contributed by atoms with Crippen LogP contribution in [0.3, 0.4) is 0 Å². The maximum atomic E-state index is 12.6. The van der Waals surface area contributed by atoms with Gasteiger partial charge in [0.15, 0.2) is 0 Å². The van der Waals surface area contributed by atoms with Crippen LogP contribution in [-0.4, -0.2) is 52.3 Å². The second-order valence-corrected chi connectivity index (χ2v) is 7.22. The molecule has 1 aliphatic heterocycles. The molecular weight excluding hydrogens is 308 g/mol. The monoisotopic (exact) mass is 332 g/mol. The number of piperidine rings is 1. The summed E-state index contributed by atoms with van der Waals surface area (Å²) in [5, 5.41) is 2.08. The standard InChI is InChI=1S/C17H24N4OS/c1-13-18-16(17-20(13)11-12-23-17)14-7-4-5-10-21(14)15(22)8-6-9-19(2)3/h6,8,11-12,14H,4-5,7,9-10H2,1-3H3/b8-6+. The van der Waals surface area contributed by atoms with Crippen LogP contribution in [0.25, 0.3) is 4.83 Å². The van der Waals surface area contributed by atoms with Crippen molar-refractivity contribution in [3.8, 4) is 0 Å². The first kappa shape index (κ1) is 16.2. The summed E-state index contributed by atoms with van der Waals surface area (Å²) in [6, 6.07) is 0.0996. The highest BCUT2D eigenvalue weighted by Gasteiger charge is 2.30. The second kappa shape index (κ2) is 6.84. The number of amides is 1. The van der Waals surface area contributed by atoms with Crippen LogP contribution in [0, 0.1) is 6.92 Å². The number of likely N-dealkylation sites (N-methyl/N-ethyl adjacent to an activating group) is 1. The predicted octanol–water partition coefficient (Wildman–Crippen LogP) is 2.88. The molecule has 1 saturated heterocycles. The Morgan fingerprint density at radius 1 is 1.48 bits per heavy atom. The van der Waals surface area contributed by atoms with Crippen molar-refractivity contribution in [1.82, 2.24) is 19.2 Å². The molecule has 1 fully saturated rings. The molecule has 2 aromatic heterocycles. The lowest BCUT2D eigenvalue weighted by Gasteiger charge is -2.34. The Bertz CT molecular complexity index is 715. The number of carbonyl (C=O) groups excluding carboxylic acids is 1. The van der Waals surface area contributed by atoms with Gasteiger partial charge in [-0.05, 0) is 40.3 Å². The zero-order valence-corrected chi connectivity index (χ0v) is 14.8. The van der Waals surface area contributed by atoms with E-state index in [0.717, 1.165) is 43.9 Å². The summed E-state index contributed by atoms with van der Waals surface area (Å²) in [5.74, 6) is 1.10. The molecule has 23 heavy (non-hydrogen) atoms. The number of likely N-dealkylation sites (tertiary alicyclic amines) is 1. The number of thiazole rings is 1. The number of rotatable bonds is 4. The fourth-order valence-corrected chi connectivity index (χ4v) is 4.07. The predicted molar refractivity (Wildman–Crippen MR) is 93.8 cm³/mol.